The van der Waals surface area contributed by atoms with E-state index in [-0.39, 0.29) is 13.2 Å². The average Bonchev–Trinajstić information content (AvgIpc) is 2.58. The maximum absolute atomic E-state index is 11.9. The minimum Gasteiger partial charge on any atom is -0.493 e. The van der Waals surface area contributed by atoms with Crippen molar-refractivity contribution in [3.05, 3.63) is 57.6 Å². The summed E-state index contributed by atoms with van der Waals surface area (Å²) in [4.78, 5) is 22.7. The largest absolute Gasteiger partial charge is 0.493 e. The van der Waals surface area contributed by atoms with Crippen molar-refractivity contribution < 1.29 is 19.1 Å². The van der Waals surface area contributed by atoms with Gasteiger partial charge in [-0.05, 0) is 30.3 Å². The molecule has 0 atom stereocenters. The van der Waals surface area contributed by atoms with Crippen LogP contribution >= 0.6 is 23.2 Å². The van der Waals surface area contributed by atoms with Crippen LogP contribution in [0.4, 0.5) is 0 Å². The van der Waals surface area contributed by atoms with Crippen LogP contribution in [-0.2, 0) is 11.4 Å². The molecule has 2 aromatic carbocycles. The van der Waals surface area contributed by atoms with Gasteiger partial charge in [-0.2, -0.15) is 0 Å². The van der Waals surface area contributed by atoms with Crippen molar-refractivity contribution in [2.45, 2.75) is 6.61 Å². The van der Waals surface area contributed by atoms with Gasteiger partial charge in [-0.25, -0.2) is 0 Å². The van der Waals surface area contributed by atoms with Gasteiger partial charge < -0.3 is 20.5 Å². The summed E-state index contributed by atoms with van der Waals surface area (Å²) >= 11 is 12.0. The molecule has 0 aliphatic rings. The SMILES string of the molecule is COc1cc(C(=O)NCC(N)=O)ccc1OCc1ccc(Cl)cc1Cl. The molecule has 2 amide bonds. The van der Waals surface area contributed by atoms with Gasteiger partial charge in [0.2, 0.25) is 5.91 Å². The lowest BCUT2D eigenvalue weighted by Gasteiger charge is -2.13. The molecule has 0 aliphatic heterocycles. The number of amides is 2. The predicted molar refractivity (Wildman–Crippen MR) is 95.3 cm³/mol. The molecule has 0 bridgehead atoms. The number of rotatable bonds is 7. The Morgan fingerprint density at radius 3 is 2.52 bits per heavy atom. The number of hydrogen-bond donors (Lipinski definition) is 2. The summed E-state index contributed by atoms with van der Waals surface area (Å²) < 4.78 is 11.0. The first kappa shape index (κ1) is 18.9. The molecule has 0 saturated heterocycles. The molecule has 3 N–H and O–H groups in total. The van der Waals surface area contributed by atoms with E-state index in [9.17, 15) is 9.59 Å². The van der Waals surface area contributed by atoms with Crippen LogP contribution in [-0.4, -0.2) is 25.5 Å². The van der Waals surface area contributed by atoms with Crippen LogP contribution in [0.25, 0.3) is 0 Å². The molecule has 0 heterocycles. The maximum Gasteiger partial charge on any atom is 0.251 e. The Balaban J connectivity index is 2.10. The highest BCUT2D eigenvalue weighted by Crippen LogP contribution is 2.30. The Bertz CT molecular complexity index is 796. The summed E-state index contributed by atoms with van der Waals surface area (Å²) in [5, 5.41) is 3.43. The average molecular weight is 383 g/mol. The topological polar surface area (TPSA) is 90.6 Å². The van der Waals surface area contributed by atoms with E-state index in [1.165, 1.54) is 13.2 Å². The molecular weight excluding hydrogens is 367 g/mol. The van der Waals surface area contributed by atoms with E-state index >= 15 is 0 Å². The Hall–Kier alpha value is -2.44. The molecule has 6 nitrogen and oxygen atoms in total. The second-order valence-electron chi connectivity index (χ2n) is 5.04. The zero-order valence-electron chi connectivity index (χ0n) is 13.3. The van der Waals surface area contributed by atoms with Crippen LogP contribution in [0, 0.1) is 0 Å². The number of nitrogens with two attached hydrogens (primary N) is 1. The molecule has 0 aromatic heterocycles. The highest BCUT2D eigenvalue weighted by molar-refractivity contribution is 6.35. The molecule has 0 unspecified atom stereocenters. The number of methoxy groups -OCH3 is 1. The Labute approximate surface area is 154 Å². The third-order valence-corrected chi connectivity index (χ3v) is 3.83. The maximum atomic E-state index is 11.9. The van der Waals surface area contributed by atoms with Gasteiger partial charge in [0, 0.05) is 21.2 Å². The van der Waals surface area contributed by atoms with E-state index in [4.69, 9.17) is 38.4 Å². The van der Waals surface area contributed by atoms with Crippen molar-refractivity contribution in [2.24, 2.45) is 5.73 Å². The van der Waals surface area contributed by atoms with Gasteiger partial charge >= 0.3 is 0 Å². The lowest BCUT2D eigenvalue weighted by Crippen LogP contribution is -2.33. The van der Waals surface area contributed by atoms with Gasteiger partial charge in [0.25, 0.3) is 5.91 Å². The van der Waals surface area contributed by atoms with Crippen molar-refractivity contribution in [3.8, 4) is 11.5 Å². The van der Waals surface area contributed by atoms with Crippen LogP contribution in [0.5, 0.6) is 11.5 Å². The minimum absolute atomic E-state index is 0.208. The molecule has 132 valence electrons. The molecule has 0 radical (unpaired) electrons. The van der Waals surface area contributed by atoms with Crippen molar-refractivity contribution in [2.75, 3.05) is 13.7 Å². The van der Waals surface area contributed by atoms with Crippen LogP contribution < -0.4 is 20.5 Å². The highest BCUT2D eigenvalue weighted by atomic mass is 35.5. The summed E-state index contributed by atoms with van der Waals surface area (Å²) in [5.74, 6) is -0.249. The fraction of sp³-hybridized carbons (Fsp3) is 0.176. The number of benzene rings is 2. The van der Waals surface area contributed by atoms with Gasteiger partial charge in [-0.15, -0.1) is 0 Å². The van der Waals surface area contributed by atoms with E-state index < -0.39 is 11.8 Å². The number of carbonyl (C=O) groups is 2. The molecule has 8 heteroatoms. The Morgan fingerprint density at radius 2 is 1.88 bits per heavy atom. The van der Waals surface area contributed by atoms with E-state index in [0.717, 1.165) is 5.56 Å². The zero-order chi connectivity index (χ0) is 18.4. The molecule has 0 spiro atoms. The molecule has 2 aromatic rings. The summed E-state index contributed by atoms with van der Waals surface area (Å²) in [6.45, 7) is -0.0337. The van der Waals surface area contributed by atoms with Gasteiger partial charge in [0.1, 0.15) is 6.61 Å². The number of halogens is 2. The van der Waals surface area contributed by atoms with Gasteiger partial charge in [0.15, 0.2) is 11.5 Å². The molecule has 0 aliphatic carbocycles. The Morgan fingerprint density at radius 1 is 1.12 bits per heavy atom. The number of ether oxygens (including phenoxy) is 2. The van der Waals surface area contributed by atoms with Crippen LogP contribution in [0.1, 0.15) is 15.9 Å². The summed E-state index contributed by atoms with van der Waals surface area (Å²) in [6, 6.07) is 9.78. The number of primary amides is 1. The molecule has 0 fully saturated rings. The van der Waals surface area contributed by atoms with Crippen molar-refractivity contribution in [1.29, 1.82) is 0 Å². The first-order valence-electron chi connectivity index (χ1n) is 7.22. The van der Waals surface area contributed by atoms with E-state index in [2.05, 4.69) is 5.32 Å². The first-order chi connectivity index (χ1) is 11.9. The summed E-state index contributed by atoms with van der Waals surface area (Å²) in [7, 11) is 1.46. The molecule has 0 saturated carbocycles. The molecule has 2 rings (SSSR count). The van der Waals surface area contributed by atoms with Crippen LogP contribution in [0.2, 0.25) is 10.0 Å². The minimum atomic E-state index is -0.625. The standard InChI is InChI=1S/C17H16Cl2N2O4/c1-24-15-6-10(17(23)21-8-16(20)22)3-5-14(15)25-9-11-2-4-12(18)7-13(11)19/h2-7H,8-9H2,1H3,(H2,20,22)(H,21,23). The summed E-state index contributed by atoms with van der Waals surface area (Å²) in [5.41, 5.74) is 6.07. The van der Waals surface area contributed by atoms with E-state index in [1.807, 2.05) is 0 Å². The first-order valence-corrected chi connectivity index (χ1v) is 7.97. The fourth-order valence-corrected chi connectivity index (χ4v) is 2.45. The van der Waals surface area contributed by atoms with Crippen molar-refractivity contribution in [1.82, 2.24) is 5.32 Å². The zero-order valence-corrected chi connectivity index (χ0v) is 14.9. The quantitative estimate of drug-likeness (QED) is 0.769. The summed E-state index contributed by atoms with van der Waals surface area (Å²) in [6.07, 6.45) is 0. The second kappa shape index (κ2) is 8.60. The van der Waals surface area contributed by atoms with Gasteiger partial charge in [-0.3, -0.25) is 9.59 Å². The molecular formula is C17H16Cl2N2O4. The van der Waals surface area contributed by atoms with Crippen molar-refractivity contribution in [3.63, 3.8) is 0 Å². The fourth-order valence-electron chi connectivity index (χ4n) is 1.99. The number of hydrogen-bond acceptors (Lipinski definition) is 4. The lowest BCUT2D eigenvalue weighted by atomic mass is 10.2. The number of nitrogens with one attached hydrogen (secondary N) is 1. The van der Waals surface area contributed by atoms with Gasteiger partial charge in [-0.1, -0.05) is 29.3 Å². The smallest absolute Gasteiger partial charge is 0.251 e. The third kappa shape index (κ3) is 5.27. The van der Waals surface area contributed by atoms with Crippen LogP contribution in [0.15, 0.2) is 36.4 Å². The lowest BCUT2D eigenvalue weighted by molar-refractivity contribution is -0.117. The van der Waals surface area contributed by atoms with Crippen LogP contribution in [0.3, 0.4) is 0 Å². The molecule has 25 heavy (non-hydrogen) atoms. The second-order valence-corrected chi connectivity index (χ2v) is 5.88. The van der Waals surface area contributed by atoms with Gasteiger partial charge in [0.05, 0.1) is 13.7 Å². The van der Waals surface area contributed by atoms with E-state index in [1.54, 1.807) is 30.3 Å². The normalized spacial score (nSPS) is 10.2. The Kier molecular flexibility index (Phi) is 6.50. The van der Waals surface area contributed by atoms with E-state index in [0.29, 0.717) is 27.1 Å². The number of carbonyl (C=O) groups excluding carboxylic acids is 2. The highest BCUT2D eigenvalue weighted by Gasteiger charge is 2.12. The predicted octanol–water partition coefficient (Wildman–Crippen LogP) is 2.80. The monoisotopic (exact) mass is 382 g/mol. The van der Waals surface area contributed by atoms with Crippen molar-refractivity contribution >= 4 is 35.0 Å². The third-order valence-electron chi connectivity index (χ3n) is 3.25.